The van der Waals surface area contributed by atoms with E-state index in [2.05, 4.69) is 9.71 Å². The molecule has 3 rings (SSSR count). The lowest BCUT2D eigenvalue weighted by Crippen LogP contribution is -2.23. The Kier molecular flexibility index (Phi) is 4.90. The van der Waals surface area contributed by atoms with Gasteiger partial charge in [-0.3, -0.25) is 15.1 Å². The van der Waals surface area contributed by atoms with Crippen molar-refractivity contribution >= 4 is 38.2 Å². The van der Waals surface area contributed by atoms with Gasteiger partial charge >= 0.3 is 0 Å². The summed E-state index contributed by atoms with van der Waals surface area (Å²) in [4.78, 5) is 14.5. The van der Waals surface area contributed by atoms with Crippen LogP contribution in [0.1, 0.15) is 11.1 Å². The van der Waals surface area contributed by atoms with E-state index in [0.29, 0.717) is 11.1 Å². The SMILES string of the molecule is Cc1c(Cl)cc(S(=O)(=O)NCc2cccc3cccnc23)cc1[N+](=O)[O-]. The van der Waals surface area contributed by atoms with Crippen molar-refractivity contribution in [2.75, 3.05) is 0 Å². The minimum atomic E-state index is -3.99. The number of fused-ring (bicyclic) bond motifs is 1. The maximum atomic E-state index is 12.6. The molecule has 0 aliphatic carbocycles. The van der Waals surface area contributed by atoms with Crippen LogP contribution in [0.15, 0.2) is 53.6 Å². The number of nitro benzene ring substituents is 1. The van der Waals surface area contributed by atoms with Crippen LogP contribution in [0.4, 0.5) is 5.69 Å². The predicted octanol–water partition coefficient (Wildman–Crippen LogP) is 3.58. The van der Waals surface area contributed by atoms with E-state index in [1.54, 1.807) is 24.4 Å². The quantitative estimate of drug-likeness (QED) is 0.529. The number of sulfonamides is 1. The summed E-state index contributed by atoms with van der Waals surface area (Å²) in [5, 5.41) is 12.0. The lowest BCUT2D eigenvalue weighted by Gasteiger charge is -2.10. The van der Waals surface area contributed by atoms with Crippen molar-refractivity contribution < 1.29 is 13.3 Å². The van der Waals surface area contributed by atoms with Crippen LogP contribution in [-0.2, 0) is 16.6 Å². The van der Waals surface area contributed by atoms with Crippen LogP contribution in [0, 0.1) is 17.0 Å². The lowest BCUT2D eigenvalue weighted by atomic mass is 10.1. The average molecular weight is 392 g/mol. The largest absolute Gasteiger partial charge is 0.275 e. The number of benzene rings is 2. The van der Waals surface area contributed by atoms with Crippen LogP contribution in [0.3, 0.4) is 0 Å². The molecule has 0 bridgehead atoms. The molecule has 0 amide bonds. The Labute approximate surface area is 154 Å². The lowest BCUT2D eigenvalue weighted by molar-refractivity contribution is -0.385. The first kappa shape index (κ1) is 18.2. The van der Waals surface area contributed by atoms with Crippen LogP contribution in [0.2, 0.25) is 5.02 Å². The maximum Gasteiger partial charge on any atom is 0.275 e. The summed E-state index contributed by atoms with van der Waals surface area (Å²) < 4.78 is 27.6. The molecule has 0 aliphatic rings. The molecule has 0 unspecified atom stereocenters. The van der Waals surface area contributed by atoms with Crippen LogP contribution in [0.5, 0.6) is 0 Å². The number of rotatable bonds is 5. The highest BCUT2D eigenvalue weighted by Gasteiger charge is 2.22. The molecule has 1 aromatic heterocycles. The summed E-state index contributed by atoms with van der Waals surface area (Å²) in [5.41, 5.74) is 1.25. The van der Waals surface area contributed by atoms with Gasteiger partial charge in [-0.2, -0.15) is 0 Å². The number of hydrogen-bond donors (Lipinski definition) is 1. The molecule has 0 fully saturated rings. The van der Waals surface area contributed by atoms with Crippen LogP contribution < -0.4 is 4.72 Å². The zero-order valence-electron chi connectivity index (χ0n) is 13.6. The van der Waals surface area contributed by atoms with Gasteiger partial charge in [0, 0.05) is 29.8 Å². The fourth-order valence-electron chi connectivity index (χ4n) is 2.55. The van der Waals surface area contributed by atoms with E-state index in [1.165, 1.54) is 13.0 Å². The van der Waals surface area contributed by atoms with E-state index in [1.807, 2.05) is 12.1 Å². The summed E-state index contributed by atoms with van der Waals surface area (Å²) in [6, 6.07) is 11.3. The molecular formula is C17H14ClN3O4S. The standard InChI is InChI=1S/C17H14ClN3O4S/c1-11-15(18)8-14(9-16(11)21(22)23)26(24,25)20-10-13-5-2-4-12-6-3-7-19-17(12)13/h2-9,20H,10H2,1H3. The van der Waals surface area contributed by atoms with Crippen LogP contribution >= 0.6 is 11.6 Å². The number of halogens is 1. The molecule has 9 heteroatoms. The Morgan fingerprint density at radius 1 is 1.23 bits per heavy atom. The van der Waals surface area contributed by atoms with Gasteiger partial charge in [-0.25, -0.2) is 13.1 Å². The molecule has 0 atom stereocenters. The fourth-order valence-corrected chi connectivity index (χ4v) is 3.88. The van der Waals surface area contributed by atoms with E-state index < -0.39 is 14.9 Å². The number of para-hydroxylation sites is 1. The molecule has 134 valence electrons. The first-order valence-electron chi connectivity index (χ1n) is 7.56. The van der Waals surface area contributed by atoms with E-state index >= 15 is 0 Å². The molecule has 0 saturated carbocycles. The Morgan fingerprint density at radius 2 is 1.96 bits per heavy atom. The molecule has 2 aromatic carbocycles. The number of aromatic nitrogens is 1. The molecule has 0 radical (unpaired) electrons. The molecular weight excluding hydrogens is 378 g/mol. The summed E-state index contributed by atoms with van der Waals surface area (Å²) >= 11 is 5.96. The topological polar surface area (TPSA) is 102 Å². The van der Waals surface area contributed by atoms with Crippen molar-refractivity contribution in [3.8, 4) is 0 Å². The van der Waals surface area contributed by atoms with E-state index in [0.717, 1.165) is 11.5 Å². The van der Waals surface area contributed by atoms with E-state index in [-0.39, 0.29) is 27.7 Å². The molecule has 1 heterocycles. The predicted molar refractivity (Wildman–Crippen MR) is 98.6 cm³/mol. The summed E-state index contributed by atoms with van der Waals surface area (Å²) in [6.07, 6.45) is 1.63. The molecule has 0 spiro atoms. The van der Waals surface area contributed by atoms with Crippen molar-refractivity contribution in [1.82, 2.24) is 9.71 Å². The first-order valence-corrected chi connectivity index (χ1v) is 9.42. The second-order valence-electron chi connectivity index (χ2n) is 5.62. The summed E-state index contributed by atoms with van der Waals surface area (Å²) in [6.45, 7) is 1.46. The highest BCUT2D eigenvalue weighted by molar-refractivity contribution is 7.89. The van der Waals surface area contributed by atoms with Gasteiger partial charge in [0.2, 0.25) is 10.0 Å². The number of pyridine rings is 1. The Hall–Kier alpha value is -2.55. The van der Waals surface area contributed by atoms with E-state index in [9.17, 15) is 18.5 Å². The first-order chi connectivity index (χ1) is 12.3. The second kappa shape index (κ2) is 6.99. The molecule has 0 aliphatic heterocycles. The highest BCUT2D eigenvalue weighted by atomic mass is 35.5. The molecule has 7 nitrogen and oxygen atoms in total. The van der Waals surface area contributed by atoms with Crippen molar-refractivity contribution in [2.24, 2.45) is 0 Å². The maximum absolute atomic E-state index is 12.6. The van der Waals surface area contributed by atoms with Gasteiger partial charge in [-0.1, -0.05) is 35.9 Å². The third-order valence-electron chi connectivity index (χ3n) is 3.97. The van der Waals surface area contributed by atoms with Gasteiger partial charge < -0.3 is 0 Å². The third kappa shape index (κ3) is 3.52. The van der Waals surface area contributed by atoms with E-state index in [4.69, 9.17) is 11.6 Å². The van der Waals surface area contributed by atoms with Gasteiger partial charge in [-0.05, 0) is 24.6 Å². The smallest absolute Gasteiger partial charge is 0.258 e. The number of nitrogens with zero attached hydrogens (tertiary/aromatic N) is 2. The van der Waals surface area contributed by atoms with Crippen LogP contribution in [-0.4, -0.2) is 18.3 Å². The van der Waals surface area contributed by atoms with Crippen molar-refractivity contribution in [1.29, 1.82) is 0 Å². The minimum absolute atomic E-state index is 0.00399. The summed E-state index contributed by atoms with van der Waals surface area (Å²) in [5.74, 6) is 0. The van der Waals surface area contributed by atoms with Gasteiger partial charge in [0.1, 0.15) is 0 Å². The third-order valence-corrected chi connectivity index (χ3v) is 5.74. The highest BCUT2D eigenvalue weighted by Crippen LogP contribution is 2.29. The molecule has 0 saturated heterocycles. The van der Waals surface area contributed by atoms with Crippen molar-refractivity contribution in [3.05, 3.63) is 74.9 Å². The molecule has 1 N–H and O–H groups in total. The number of nitro groups is 1. The molecule has 26 heavy (non-hydrogen) atoms. The Morgan fingerprint density at radius 3 is 2.69 bits per heavy atom. The van der Waals surface area contributed by atoms with Gasteiger partial charge in [0.15, 0.2) is 0 Å². The minimum Gasteiger partial charge on any atom is -0.258 e. The zero-order chi connectivity index (χ0) is 18.9. The summed E-state index contributed by atoms with van der Waals surface area (Å²) in [7, 11) is -3.99. The van der Waals surface area contributed by atoms with Gasteiger partial charge in [-0.15, -0.1) is 0 Å². The van der Waals surface area contributed by atoms with Gasteiger partial charge in [0.05, 0.1) is 20.4 Å². The Bertz CT molecular complexity index is 1110. The zero-order valence-corrected chi connectivity index (χ0v) is 15.2. The average Bonchev–Trinajstić information content (AvgIpc) is 2.61. The second-order valence-corrected chi connectivity index (χ2v) is 7.80. The van der Waals surface area contributed by atoms with Crippen LogP contribution in [0.25, 0.3) is 10.9 Å². The number of hydrogen-bond acceptors (Lipinski definition) is 5. The molecule has 3 aromatic rings. The fraction of sp³-hybridized carbons (Fsp3) is 0.118. The normalized spacial score (nSPS) is 11.6. The van der Waals surface area contributed by atoms with Crippen molar-refractivity contribution in [2.45, 2.75) is 18.4 Å². The monoisotopic (exact) mass is 391 g/mol. The Balaban J connectivity index is 1.93. The van der Waals surface area contributed by atoms with Crippen molar-refractivity contribution in [3.63, 3.8) is 0 Å². The van der Waals surface area contributed by atoms with Gasteiger partial charge in [0.25, 0.3) is 5.69 Å². The number of nitrogens with one attached hydrogen (secondary N) is 1.